The second-order valence-electron chi connectivity index (χ2n) is 4.90. The molecule has 0 amide bonds. The average Bonchev–Trinajstić information content (AvgIpc) is 3.21. The Morgan fingerprint density at radius 3 is 2.71 bits per heavy atom. The normalized spacial score (nSPS) is 15.0. The van der Waals surface area contributed by atoms with Gasteiger partial charge < -0.3 is 15.8 Å². The number of nitrogens with one attached hydrogen (secondary N) is 1. The van der Waals surface area contributed by atoms with E-state index in [0.29, 0.717) is 31.2 Å². The minimum absolute atomic E-state index is 0.00220. The summed E-state index contributed by atoms with van der Waals surface area (Å²) in [5, 5.41) is 2.80. The van der Waals surface area contributed by atoms with Crippen molar-refractivity contribution in [1.29, 1.82) is 0 Å². The highest BCUT2D eigenvalue weighted by atomic mass is 32.1. The van der Waals surface area contributed by atoms with Crippen LogP contribution >= 0.6 is 12.2 Å². The summed E-state index contributed by atoms with van der Waals surface area (Å²) in [7, 11) is 0. The van der Waals surface area contributed by atoms with Crippen LogP contribution in [0.15, 0.2) is 12.1 Å². The van der Waals surface area contributed by atoms with Crippen molar-refractivity contribution in [3.8, 4) is 0 Å². The van der Waals surface area contributed by atoms with E-state index in [-0.39, 0.29) is 10.8 Å². The van der Waals surface area contributed by atoms with Crippen molar-refractivity contribution in [2.24, 2.45) is 11.7 Å². The third kappa shape index (κ3) is 4.82. The van der Waals surface area contributed by atoms with Crippen LogP contribution in [-0.4, -0.2) is 29.7 Å². The van der Waals surface area contributed by atoms with Crippen LogP contribution in [-0.2, 0) is 10.9 Å². The first-order chi connectivity index (χ1) is 9.88. The number of aromatic nitrogens is 1. The lowest BCUT2D eigenvalue weighted by Gasteiger charge is -2.13. The van der Waals surface area contributed by atoms with Crippen LogP contribution in [0, 0.1) is 5.92 Å². The van der Waals surface area contributed by atoms with Crippen LogP contribution < -0.4 is 11.1 Å². The number of pyridine rings is 1. The van der Waals surface area contributed by atoms with Gasteiger partial charge in [-0.05, 0) is 30.9 Å². The zero-order chi connectivity index (χ0) is 15.5. The Morgan fingerprint density at radius 2 is 2.14 bits per heavy atom. The molecule has 0 bridgehead atoms. The minimum atomic E-state index is -4.51. The maximum absolute atomic E-state index is 12.7. The SMILES string of the molecule is NC(=S)c1ccc(C(F)(F)F)nc1NCCOCC1CC1. The molecule has 21 heavy (non-hydrogen) atoms. The third-order valence-corrected chi connectivity index (χ3v) is 3.26. The summed E-state index contributed by atoms with van der Waals surface area (Å²) < 4.78 is 43.4. The lowest BCUT2D eigenvalue weighted by atomic mass is 10.2. The van der Waals surface area contributed by atoms with E-state index in [1.165, 1.54) is 18.9 Å². The quantitative estimate of drug-likeness (QED) is 0.597. The van der Waals surface area contributed by atoms with Gasteiger partial charge >= 0.3 is 6.18 Å². The van der Waals surface area contributed by atoms with E-state index in [9.17, 15) is 13.2 Å². The van der Waals surface area contributed by atoms with Gasteiger partial charge in [-0.25, -0.2) is 4.98 Å². The molecule has 0 saturated heterocycles. The van der Waals surface area contributed by atoms with Crippen molar-refractivity contribution >= 4 is 23.0 Å². The van der Waals surface area contributed by atoms with E-state index in [0.717, 1.165) is 6.07 Å². The predicted molar refractivity (Wildman–Crippen MR) is 77.2 cm³/mol. The van der Waals surface area contributed by atoms with Gasteiger partial charge in [0.25, 0.3) is 0 Å². The summed E-state index contributed by atoms with van der Waals surface area (Å²) in [6.07, 6.45) is -2.13. The molecule has 1 saturated carbocycles. The predicted octanol–water partition coefficient (Wildman–Crippen LogP) is 2.57. The zero-order valence-corrected chi connectivity index (χ0v) is 12.1. The second kappa shape index (κ2) is 6.57. The lowest BCUT2D eigenvalue weighted by molar-refractivity contribution is -0.141. The molecule has 116 valence electrons. The molecular formula is C13H16F3N3OS. The Labute approximate surface area is 125 Å². The topological polar surface area (TPSA) is 60.2 Å². The maximum Gasteiger partial charge on any atom is 0.433 e. The van der Waals surface area contributed by atoms with Crippen molar-refractivity contribution in [3.63, 3.8) is 0 Å². The monoisotopic (exact) mass is 319 g/mol. The number of nitrogens with zero attached hydrogens (tertiary/aromatic N) is 1. The number of thiocarbonyl (C=S) groups is 1. The van der Waals surface area contributed by atoms with Gasteiger partial charge in [-0.3, -0.25) is 0 Å². The van der Waals surface area contributed by atoms with Gasteiger partial charge in [0, 0.05) is 13.2 Å². The average molecular weight is 319 g/mol. The molecule has 3 N–H and O–H groups in total. The highest BCUT2D eigenvalue weighted by Gasteiger charge is 2.33. The minimum Gasteiger partial charge on any atom is -0.389 e. The molecule has 0 radical (unpaired) electrons. The first-order valence-corrected chi connectivity index (χ1v) is 6.98. The van der Waals surface area contributed by atoms with Crippen LogP contribution in [0.25, 0.3) is 0 Å². The molecule has 0 aromatic carbocycles. The Hall–Kier alpha value is -1.41. The molecule has 0 spiro atoms. The van der Waals surface area contributed by atoms with Gasteiger partial charge in [0.1, 0.15) is 16.5 Å². The van der Waals surface area contributed by atoms with Crippen LogP contribution in [0.2, 0.25) is 0 Å². The van der Waals surface area contributed by atoms with Crippen LogP contribution in [0.4, 0.5) is 19.0 Å². The number of hydrogen-bond donors (Lipinski definition) is 2. The molecule has 1 fully saturated rings. The molecule has 1 aromatic rings. The van der Waals surface area contributed by atoms with E-state index in [1.807, 2.05) is 0 Å². The van der Waals surface area contributed by atoms with Crippen molar-refractivity contribution in [2.45, 2.75) is 19.0 Å². The van der Waals surface area contributed by atoms with Crippen LogP contribution in [0.5, 0.6) is 0 Å². The zero-order valence-electron chi connectivity index (χ0n) is 11.2. The van der Waals surface area contributed by atoms with Gasteiger partial charge in [0.2, 0.25) is 0 Å². The Bertz CT molecular complexity index is 518. The summed E-state index contributed by atoms with van der Waals surface area (Å²) in [5.74, 6) is 0.677. The van der Waals surface area contributed by atoms with Crippen LogP contribution in [0.3, 0.4) is 0 Å². The fourth-order valence-electron chi connectivity index (χ4n) is 1.73. The number of anilines is 1. The lowest BCUT2D eigenvalue weighted by Crippen LogP contribution is -2.19. The Morgan fingerprint density at radius 1 is 1.43 bits per heavy atom. The molecule has 1 aromatic heterocycles. The van der Waals surface area contributed by atoms with Gasteiger partial charge in [0.05, 0.1) is 12.2 Å². The van der Waals surface area contributed by atoms with Crippen molar-refractivity contribution in [3.05, 3.63) is 23.4 Å². The Balaban J connectivity index is 1.98. The summed E-state index contributed by atoms with van der Waals surface area (Å²) in [6, 6.07) is 2.09. The highest BCUT2D eigenvalue weighted by molar-refractivity contribution is 7.80. The summed E-state index contributed by atoms with van der Waals surface area (Å²) >= 11 is 4.82. The van der Waals surface area contributed by atoms with Gasteiger partial charge in [-0.15, -0.1) is 0 Å². The van der Waals surface area contributed by atoms with Gasteiger partial charge in [-0.1, -0.05) is 12.2 Å². The van der Waals surface area contributed by atoms with Crippen molar-refractivity contribution in [2.75, 3.05) is 25.1 Å². The number of halogens is 3. The molecule has 1 aliphatic carbocycles. The second-order valence-corrected chi connectivity index (χ2v) is 5.34. The largest absolute Gasteiger partial charge is 0.433 e. The van der Waals surface area contributed by atoms with E-state index in [1.54, 1.807) is 0 Å². The van der Waals surface area contributed by atoms with E-state index >= 15 is 0 Å². The molecule has 4 nitrogen and oxygen atoms in total. The first-order valence-electron chi connectivity index (χ1n) is 6.57. The molecule has 1 aliphatic rings. The fourth-order valence-corrected chi connectivity index (χ4v) is 1.89. The molecule has 8 heteroatoms. The number of rotatable bonds is 7. The maximum atomic E-state index is 12.7. The molecule has 0 atom stereocenters. The molecule has 0 unspecified atom stereocenters. The number of nitrogens with two attached hydrogens (primary N) is 1. The van der Waals surface area contributed by atoms with Crippen LogP contribution in [0.1, 0.15) is 24.1 Å². The molecule has 1 heterocycles. The van der Waals surface area contributed by atoms with Crippen molar-refractivity contribution in [1.82, 2.24) is 4.98 Å². The third-order valence-electron chi connectivity index (χ3n) is 3.04. The first kappa shape index (κ1) is 16.0. The van der Waals surface area contributed by atoms with Gasteiger partial charge in [-0.2, -0.15) is 13.2 Å². The number of hydrogen-bond acceptors (Lipinski definition) is 4. The fraction of sp³-hybridized carbons (Fsp3) is 0.538. The van der Waals surface area contributed by atoms with Crippen molar-refractivity contribution < 1.29 is 17.9 Å². The Kier molecular flexibility index (Phi) is 5.00. The molecule has 2 rings (SSSR count). The number of ether oxygens (including phenoxy) is 1. The van der Waals surface area contributed by atoms with E-state index in [4.69, 9.17) is 22.7 Å². The van der Waals surface area contributed by atoms with E-state index in [2.05, 4.69) is 10.3 Å². The molecule has 0 aliphatic heterocycles. The summed E-state index contributed by atoms with van der Waals surface area (Å²) in [4.78, 5) is 3.55. The smallest absolute Gasteiger partial charge is 0.389 e. The number of alkyl halides is 3. The highest BCUT2D eigenvalue weighted by Crippen LogP contribution is 2.30. The summed E-state index contributed by atoms with van der Waals surface area (Å²) in [5.41, 5.74) is 4.80. The van der Waals surface area contributed by atoms with E-state index < -0.39 is 11.9 Å². The molecular weight excluding hydrogens is 303 g/mol. The van der Waals surface area contributed by atoms with Gasteiger partial charge in [0.15, 0.2) is 0 Å². The standard InChI is InChI=1S/C13H16F3N3OS/c14-13(15,16)10-4-3-9(11(17)21)12(19-10)18-5-6-20-7-8-1-2-8/h3-4,8H,1-2,5-7H2,(H2,17,21)(H,18,19). The summed E-state index contributed by atoms with van der Waals surface area (Å²) in [6.45, 7) is 1.43.